The fraction of sp³-hybridized carbons (Fsp3) is 0.438. The maximum atomic E-state index is 12.2. The number of nitrogens with zero attached hydrogens (tertiary/aromatic N) is 3. The molecule has 6 heteroatoms. The Hall–Kier alpha value is -1.88. The minimum absolute atomic E-state index is 0.0560. The third kappa shape index (κ3) is 2.86. The molecule has 0 spiro atoms. The summed E-state index contributed by atoms with van der Waals surface area (Å²) < 4.78 is 0. The summed E-state index contributed by atoms with van der Waals surface area (Å²) in [6, 6.07) is 5.59. The van der Waals surface area contributed by atoms with E-state index in [1.165, 1.54) is 6.33 Å². The zero-order valence-electron chi connectivity index (χ0n) is 12.9. The van der Waals surface area contributed by atoms with E-state index in [0.717, 1.165) is 16.7 Å². The number of carbonyl (C=O) groups excluding carboxylic acids is 1. The van der Waals surface area contributed by atoms with Gasteiger partial charge >= 0.3 is 0 Å². The quantitative estimate of drug-likeness (QED) is 0.924. The number of aromatic nitrogens is 2. The second kappa shape index (κ2) is 5.39. The molecule has 5 nitrogen and oxygen atoms in total. The number of rotatable bonds is 2. The van der Waals surface area contributed by atoms with Gasteiger partial charge in [0.2, 0.25) is 5.91 Å². The van der Waals surface area contributed by atoms with Gasteiger partial charge in [-0.15, -0.1) is 0 Å². The Labute approximate surface area is 134 Å². The zero-order chi connectivity index (χ0) is 15.9. The first-order chi connectivity index (χ1) is 10.3. The molecule has 0 aliphatic carbocycles. The van der Waals surface area contributed by atoms with Gasteiger partial charge in [-0.2, -0.15) is 0 Å². The first-order valence-electron chi connectivity index (χ1n) is 7.32. The summed E-state index contributed by atoms with van der Waals surface area (Å²) in [7, 11) is 0. The minimum Gasteiger partial charge on any atom is -0.364 e. The molecule has 1 unspecified atom stereocenters. The Bertz CT molecular complexity index is 726. The first-order valence-corrected chi connectivity index (χ1v) is 7.69. The van der Waals surface area contributed by atoms with Crippen molar-refractivity contribution in [3.8, 4) is 0 Å². The summed E-state index contributed by atoms with van der Waals surface area (Å²) in [5.74, 6) is 0.918. The summed E-state index contributed by atoms with van der Waals surface area (Å²) in [5, 5.41) is 4.94. The van der Waals surface area contributed by atoms with Crippen molar-refractivity contribution < 1.29 is 4.79 Å². The third-order valence-corrected chi connectivity index (χ3v) is 4.11. The van der Waals surface area contributed by atoms with Crippen molar-refractivity contribution in [3.05, 3.63) is 29.5 Å². The predicted octanol–water partition coefficient (Wildman–Crippen LogP) is 3.09. The Kier molecular flexibility index (Phi) is 3.68. The van der Waals surface area contributed by atoms with E-state index in [9.17, 15) is 4.79 Å². The topological polar surface area (TPSA) is 58.1 Å². The van der Waals surface area contributed by atoms with Gasteiger partial charge in [0, 0.05) is 28.9 Å². The zero-order valence-corrected chi connectivity index (χ0v) is 13.7. The molecule has 1 aliphatic rings. The molecule has 1 aromatic carbocycles. The molecule has 0 radical (unpaired) electrons. The van der Waals surface area contributed by atoms with Crippen LogP contribution in [0.4, 0.5) is 5.82 Å². The van der Waals surface area contributed by atoms with Gasteiger partial charge in [-0.05, 0) is 39.0 Å². The summed E-state index contributed by atoms with van der Waals surface area (Å²) in [4.78, 5) is 22.6. The number of amides is 1. The molecule has 116 valence electrons. The second-order valence-corrected chi connectivity index (χ2v) is 7.04. The van der Waals surface area contributed by atoms with E-state index >= 15 is 0 Å². The fourth-order valence-corrected chi connectivity index (χ4v) is 2.96. The summed E-state index contributed by atoms with van der Waals surface area (Å²) in [5.41, 5.74) is 0.636. The molecule has 0 bridgehead atoms. The minimum atomic E-state index is -0.158. The van der Waals surface area contributed by atoms with Crippen LogP contribution in [0, 0.1) is 0 Å². The first kappa shape index (κ1) is 15.0. The molecule has 3 rings (SSSR count). The summed E-state index contributed by atoms with van der Waals surface area (Å²) in [6.07, 6.45) is 2.00. The number of benzene rings is 1. The molecule has 2 aromatic rings. The van der Waals surface area contributed by atoms with Gasteiger partial charge in [0.1, 0.15) is 12.1 Å². The maximum Gasteiger partial charge on any atom is 0.225 e. The van der Waals surface area contributed by atoms with Crippen molar-refractivity contribution in [1.82, 2.24) is 14.9 Å². The van der Waals surface area contributed by atoms with E-state index in [4.69, 9.17) is 11.6 Å². The molecule has 2 heterocycles. The van der Waals surface area contributed by atoms with Gasteiger partial charge in [0.05, 0.1) is 11.6 Å². The lowest BCUT2D eigenvalue weighted by Gasteiger charge is -2.32. The van der Waals surface area contributed by atoms with E-state index in [2.05, 4.69) is 36.1 Å². The largest absolute Gasteiger partial charge is 0.364 e. The standard InChI is InChI=1S/C16H19ClN4O/c1-16(2,3)21-8-11(7-14(21)22)20-15-12-5-4-10(17)6-13(12)18-9-19-15/h4-6,9,11H,7-8H2,1-3H3,(H,18,19,20). The highest BCUT2D eigenvalue weighted by Gasteiger charge is 2.36. The lowest BCUT2D eigenvalue weighted by atomic mass is 10.1. The van der Waals surface area contributed by atoms with Gasteiger partial charge in [-0.25, -0.2) is 9.97 Å². The number of hydrogen-bond donors (Lipinski definition) is 1. The van der Waals surface area contributed by atoms with Crippen LogP contribution in [0.15, 0.2) is 24.5 Å². The molecule has 22 heavy (non-hydrogen) atoms. The lowest BCUT2D eigenvalue weighted by Crippen LogP contribution is -2.43. The number of hydrogen-bond acceptors (Lipinski definition) is 4. The molecule has 1 atom stereocenters. The van der Waals surface area contributed by atoms with Crippen molar-refractivity contribution in [2.45, 2.75) is 38.8 Å². The highest BCUT2D eigenvalue weighted by Crippen LogP contribution is 2.27. The van der Waals surface area contributed by atoms with Gasteiger partial charge in [-0.3, -0.25) is 4.79 Å². The van der Waals surface area contributed by atoms with Crippen LogP contribution in [0.1, 0.15) is 27.2 Å². The SMILES string of the molecule is CC(C)(C)N1CC(Nc2ncnc3cc(Cl)ccc23)CC1=O. The van der Waals surface area contributed by atoms with Gasteiger partial charge in [0.15, 0.2) is 0 Å². The average molecular weight is 319 g/mol. The van der Waals surface area contributed by atoms with Crippen molar-refractivity contribution in [3.63, 3.8) is 0 Å². The van der Waals surface area contributed by atoms with Crippen LogP contribution in [0.5, 0.6) is 0 Å². The summed E-state index contributed by atoms with van der Waals surface area (Å²) >= 11 is 6.00. The van der Waals surface area contributed by atoms with Crippen molar-refractivity contribution >= 4 is 34.2 Å². The number of likely N-dealkylation sites (tertiary alicyclic amines) is 1. The maximum absolute atomic E-state index is 12.2. The number of anilines is 1. The lowest BCUT2D eigenvalue weighted by molar-refractivity contribution is -0.131. The van der Waals surface area contributed by atoms with Crippen LogP contribution in [-0.2, 0) is 4.79 Å². The van der Waals surface area contributed by atoms with Crippen molar-refractivity contribution in [1.29, 1.82) is 0 Å². The fourth-order valence-electron chi connectivity index (χ4n) is 2.79. The molecule has 1 saturated heterocycles. The number of carbonyl (C=O) groups is 1. The number of fused-ring (bicyclic) bond motifs is 1. The number of nitrogens with one attached hydrogen (secondary N) is 1. The average Bonchev–Trinajstić information content (AvgIpc) is 2.79. The van der Waals surface area contributed by atoms with Crippen LogP contribution in [0.25, 0.3) is 10.9 Å². The molecule has 0 saturated carbocycles. The molecule has 1 aromatic heterocycles. The van der Waals surface area contributed by atoms with Crippen LogP contribution in [0.3, 0.4) is 0 Å². The molecule has 1 aliphatic heterocycles. The van der Waals surface area contributed by atoms with Crippen molar-refractivity contribution in [2.24, 2.45) is 0 Å². The highest BCUT2D eigenvalue weighted by molar-refractivity contribution is 6.31. The smallest absolute Gasteiger partial charge is 0.225 e. The van der Waals surface area contributed by atoms with Gasteiger partial charge in [0.25, 0.3) is 0 Å². The monoisotopic (exact) mass is 318 g/mol. The van der Waals surface area contributed by atoms with Gasteiger partial charge < -0.3 is 10.2 Å². The van der Waals surface area contributed by atoms with Crippen LogP contribution < -0.4 is 5.32 Å². The Morgan fingerprint density at radius 1 is 1.32 bits per heavy atom. The van der Waals surface area contributed by atoms with Gasteiger partial charge in [-0.1, -0.05) is 11.6 Å². The van der Waals surface area contributed by atoms with Crippen LogP contribution in [-0.4, -0.2) is 38.9 Å². The van der Waals surface area contributed by atoms with Crippen LogP contribution >= 0.6 is 11.6 Å². The Balaban J connectivity index is 1.84. The van der Waals surface area contributed by atoms with E-state index in [1.807, 2.05) is 23.1 Å². The second-order valence-electron chi connectivity index (χ2n) is 6.60. The summed E-state index contributed by atoms with van der Waals surface area (Å²) in [6.45, 7) is 6.83. The van der Waals surface area contributed by atoms with E-state index in [0.29, 0.717) is 18.0 Å². The number of halogens is 1. The molecule has 1 fully saturated rings. The Morgan fingerprint density at radius 2 is 2.09 bits per heavy atom. The highest BCUT2D eigenvalue weighted by atomic mass is 35.5. The van der Waals surface area contributed by atoms with Crippen LogP contribution in [0.2, 0.25) is 5.02 Å². The van der Waals surface area contributed by atoms with E-state index in [1.54, 1.807) is 0 Å². The third-order valence-electron chi connectivity index (χ3n) is 3.87. The van der Waals surface area contributed by atoms with E-state index in [-0.39, 0.29) is 17.5 Å². The molecular weight excluding hydrogens is 300 g/mol. The Morgan fingerprint density at radius 3 is 2.77 bits per heavy atom. The molecule has 1 N–H and O–H groups in total. The van der Waals surface area contributed by atoms with E-state index < -0.39 is 0 Å². The predicted molar refractivity (Wildman–Crippen MR) is 88.0 cm³/mol. The van der Waals surface area contributed by atoms with Crippen molar-refractivity contribution in [2.75, 3.05) is 11.9 Å². The normalized spacial score (nSPS) is 19.0. The molecule has 1 amide bonds. The molecular formula is C16H19ClN4O.